The quantitative estimate of drug-likeness (QED) is 0.560. The second-order valence-corrected chi connectivity index (χ2v) is 3.97. The Morgan fingerprint density at radius 3 is 2.43 bits per heavy atom. The van der Waals surface area contributed by atoms with Crippen molar-refractivity contribution in [3.63, 3.8) is 0 Å². The molecule has 0 amide bonds. The molecule has 0 unspecified atom stereocenters. The molecule has 0 fully saturated rings. The van der Waals surface area contributed by atoms with Crippen LogP contribution in [0.4, 0.5) is 0 Å². The largest absolute Gasteiger partial charge is 0.392 e. The van der Waals surface area contributed by atoms with Gasteiger partial charge >= 0.3 is 0 Å². The third-order valence-corrected chi connectivity index (χ3v) is 2.66. The minimum absolute atomic E-state index is 0.0143. The number of hydrogen-bond acceptors (Lipinski definition) is 4. The lowest BCUT2D eigenvalue weighted by Crippen LogP contribution is -2.44. The van der Waals surface area contributed by atoms with Crippen molar-refractivity contribution < 1.29 is 20.1 Å². The second kappa shape index (κ2) is 4.21. The first-order valence-electron chi connectivity index (χ1n) is 4.71. The van der Waals surface area contributed by atoms with Gasteiger partial charge in [-0.15, -0.1) is 0 Å². The van der Waals surface area contributed by atoms with Crippen LogP contribution in [-0.4, -0.2) is 39.9 Å². The summed E-state index contributed by atoms with van der Waals surface area (Å²) in [5.74, 6) is -0.935. The standard InChI is InChI=1S/C10H16O4/c1-5(2)8-7(12)3-6(4-11)9(13)10(8)14/h3,5,7-8,10-12,14H,4H2,1-2H3/t7-,8+,10+/m0/s1. The minimum Gasteiger partial charge on any atom is -0.392 e. The monoisotopic (exact) mass is 200 g/mol. The molecule has 0 bridgehead atoms. The van der Waals surface area contributed by atoms with E-state index < -0.39 is 30.5 Å². The van der Waals surface area contributed by atoms with Gasteiger partial charge in [0.1, 0.15) is 6.10 Å². The van der Waals surface area contributed by atoms with Gasteiger partial charge in [-0.3, -0.25) is 4.79 Å². The van der Waals surface area contributed by atoms with Crippen LogP contribution in [-0.2, 0) is 4.79 Å². The fourth-order valence-electron chi connectivity index (χ4n) is 1.84. The lowest BCUT2D eigenvalue weighted by molar-refractivity contribution is -0.131. The lowest BCUT2D eigenvalue weighted by atomic mass is 9.77. The van der Waals surface area contributed by atoms with E-state index >= 15 is 0 Å². The number of carbonyl (C=O) groups excluding carboxylic acids is 1. The van der Waals surface area contributed by atoms with Crippen LogP contribution in [0, 0.1) is 11.8 Å². The van der Waals surface area contributed by atoms with Crippen LogP contribution in [0.3, 0.4) is 0 Å². The summed E-state index contributed by atoms with van der Waals surface area (Å²) in [5, 5.41) is 28.1. The molecule has 0 saturated heterocycles. The van der Waals surface area contributed by atoms with Crippen LogP contribution in [0.5, 0.6) is 0 Å². The van der Waals surface area contributed by atoms with Crippen molar-refractivity contribution in [3.8, 4) is 0 Å². The van der Waals surface area contributed by atoms with Gasteiger partial charge in [0.15, 0.2) is 5.78 Å². The summed E-state index contributed by atoms with van der Waals surface area (Å²) in [6.45, 7) is 3.24. The van der Waals surface area contributed by atoms with Gasteiger partial charge in [-0.05, 0) is 12.0 Å². The van der Waals surface area contributed by atoms with Crippen LogP contribution in [0.25, 0.3) is 0 Å². The normalized spacial score (nSPS) is 33.4. The Balaban J connectivity index is 2.96. The molecule has 14 heavy (non-hydrogen) atoms. The van der Waals surface area contributed by atoms with Crippen LogP contribution >= 0.6 is 0 Å². The van der Waals surface area contributed by atoms with E-state index in [1.54, 1.807) is 0 Å². The molecule has 4 heteroatoms. The Morgan fingerprint density at radius 1 is 1.43 bits per heavy atom. The highest BCUT2D eigenvalue weighted by atomic mass is 16.3. The molecule has 0 spiro atoms. The summed E-state index contributed by atoms with van der Waals surface area (Å²) >= 11 is 0. The summed E-state index contributed by atoms with van der Waals surface area (Å²) in [5.41, 5.74) is 0.0990. The minimum atomic E-state index is -1.20. The number of carbonyl (C=O) groups is 1. The Morgan fingerprint density at radius 2 is 2.00 bits per heavy atom. The van der Waals surface area contributed by atoms with E-state index in [0.29, 0.717) is 0 Å². The lowest BCUT2D eigenvalue weighted by Gasteiger charge is -2.32. The van der Waals surface area contributed by atoms with E-state index in [0.717, 1.165) is 0 Å². The summed E-state index contributed by atoms with van der Waals surface area (Å²) in [6, 6.07) is 0. The molecule has 0 heterocycles. The summed E-state index contributed by atoms with van der Waals surface area (Å²) in [6.07, 6.45) is -0.721. The zero-order valence-electron chi connectivity index (χ0n) is 8.34. The maximum absolute atomic E-state index is 11.4. The molecule has 0 aromatic heterocycles. The number of aliphatic hydroxyl groups excluding tert-OH is 3. The van der Waals surface area contributed by atoms with Crippen LogP contribution in [0.1, 0.15) is 13.8 Å². The van der Waals surface area contributed by atoms with Crippen LogP contribution in [0.15, 0.2) is 11.6 Å². The molecular formula is C10H16O4. The zero-order chi connectivity index (χ0) is 10.9. The van der Waals surface area contributed by atoms with E-state index in [-0.39, 0.29) is 11.5 Å². The summed E-state index contributed by atoms with van der Waals surface area (Å²) in [7, 11) is 0. The molecule has 3 atom stereocenters. The Labute approximate surface area is 82.9 Å². The molecule has 0 aromatic rings. The van der Waals surface area contributed by atoms with Gasteiger partial charge in [-0.2, -0.15) is 0 Å². The van der Waals surface area contributed by atoms with Crippen molar-refractivity contribution in [2.45, 2.75) is 26.1 Å². The van der Waals surface area contributed by atoms with E-state index in [9.17, 15) is 15.0 Å². The molecule has 0 radical (unpaired) electrons. The van der Waals surface area contributed by atoms with Crippen molar-refractivity contribution in [2.75, 3.05) is 6.61 Å². The first kappa shape index (κ1) is 11.4. The maximum Gasteiger partial charge on any atom is 0.189 e. The predicted molar refractivity (Wildman–Crippen MR) is 50.5 cm³/mol. The fourth-order valence-corrected chi connectivity index (χ4v) is 1.84. The molecule has 80 valence electrons. The highest BCUT2D eigenvalue weighted by Crippen LogP contribution is 2.27. The van der Waals surface area contributed by atoms with E-state index in [2.05, 4.69) is 0 Å². The highest BCUT2D eigenvalue weighted by molar-refractivity contribution is 6.00. The molecule has 1 aliphatic rings. The molecule has 4 nitrogen and oxygen atoms in total. The van der Waals surface area contributed by atoms with Gasteiger partial charge in [-0.1, -0.05) is 13.8 Å². The predicted octanol–water partition coefficient (Wildman–Crippen LogP) is -0.518. The number of rotatable bonds is 2. The fraction of sp³-hybridized carbons (Fsp3) is 0.700. The third kappa shape index (κ3) is 1.87. The Hall–Kier alpha value is -0.710. The van der Waals surface area contributed by atoms with Gasteiger partial charge in [-0.25, -0.2) is 0 Å². The third-order valence-electron chi connectivity index (χ3n) is 2.66. The molecule has 1 rings (SSSR count). The van der Waals surface area contributed by atoms with Crippen LogP contribution in [0.2, 0.25) is 0 Å². The van der Waals surface area contributed by atoms with Crippen molar-refractivity contribution >= 4 is 5.78 Å². The van der Waals surface area contributed by atoms with Crippen LogP contribution < -0.4 is 0 Å². The highest BCUT2D eigenvalue weighted by Gasteiger charge is 2.38. The second-order valence-electron chi connectivity index (χ2n) is 3.97. The number of hydrogen-bond donors (Lipinski definition) is 3. The topological polar surface area (TPSA) is 77.8 Å². The van der Waals surface area contributed by atoms with Crippen molar-refractivity contribution in [2.24, 2.45) is 11.8 Å². The van der Waals surface area contributed by atoms with Gasteiger partial charge in [0.25, 0.3) is 0 Å². The summed E-state index contributed by atoms with van der Waals surface area (Å²) in [4.78, 5) is 11.4. The molecule has 0 aliphatic heterocycles. The van der Waals surface area contributed by atoms with Gasteiger partial charge in [0.05, 0.1) is 12.7 Å². The molecule has 3 N–H and O–H groups in total. The Bertz CT molecular complexity index is 257. The number of Topliss-reactive ketones (excluding diaryl/α,β-unsaturated/α-hetero) is 1. The first-order chi connectivity index (χ1) is 6.49. The molecular weight excluding hydrogens is 184 g/mol. The number of aliphatic hydroxyl groups is 3. The first-order valence-corrected chi connectivity index (χ1v) is 4.71. The average Bonchev–Trinajstić information content (AvgIpc) is 2.10. The van der Waals surface area contributed by atoms with Crippen molar-refractivity contribution in [1.82, 2.24) is 0 Å². The van der Waals surface area contributed by atoms with E-state index in [1.165, 1.54) is 6.08 Å². The Kier molecular flexibility index (Phi) is 3.42. The van der Waals surface area contributed by atoms with E-state index in [4.69, 9.17) is 5.11 Å². The maximum atomic E-state index is 11.4. The summed E-state index contributed by atoms with van der Waals surface area (Å²) < 4.78 is 0. The van der Waals surface area contributed by atoms with E-state index in [1.807, 2.05) is 13.8 Å². The average molecular weight is 200 g/mol. The van der Waals surface area contributed by atoms with Gasteiger partial charge in [0.2, 0.25) is 0 Å². The smallest absolute Gasteiger partial charge is 0.189 e. The zero-order valence-corrected chi connectivity index (χ0v) is 8.34. The van der Waals surface area contributed by atoms with Crippen molar-refractivity contribution in [1.29, 1.82) is 0 Å². The molecule has 0 aromatic carbocycles. The number of ketones is 1. The SMILES string of the molecule is CC(C)[C@@H]1[C@@H](O)C=C(CO)C(=O)[C@@H]1O. The molecule has 1 aliphatic carbocycles. The van der Waals surface area contributed by atoms with Gasteiger partial charge < -0.3 is 15.3 Å². The van der Waals surface area contributed by atoms with Gasteiger partial charge in [0, 0.05) is 11.5 Å². The van der Waals surface area contributed by atoms with Crippen molar-refractivity contribution in [3.05, 3.63) is 11.6 Å². The molecule has 0 saturated carbocycles.